The van der Waals surface area contributed by atoms with Gasteiger partial charge in [0.2, 0.25) is 5.91 Å². The third kappa shape index (κ3) is 3.42. The van der Waals surface area contributed by atoms with Crippen LogP contribution in [0.3, 0.4) is 0 Å². The van der Waals surface area contributed by atoms with Crippen LogP contribution in [0.1, 0.15) is 32.6 Å². The Kier molecular flexibility index (Phi) is 4.40. The lowest BCUT2D eigenvalue weighted by Crippen LogP contribution is -2.47. The molecule has 0 aromatic carbocycles. The van der Waals surface area contributed by atoms with E-state index >= 15 is 0 Å². The van der Waals surface area contributed by atoms with Gasteiger partial charge < -0.3 is 15.5 Å². The van der Waals surface area contributed by atoms with Gasteiger partial charge in [0.1, 0.15) is 0 Å². The molecule has 2 fully saturated rings. The van der Waals surface area contributed by atoms with E-state index in [-0.39, 0.29) is 11.9 Å². The normalized spacial score (nSPS) is 25.2. The zero-order valence-electron chi connectivity index (χ0n) is 10.9. The monoisotopic (exact) mass is 239 g/mol. The van der Waals surface area contributed by atoms with Crippen LogP contribution >= 0.6 is 0 Å². The van der Waals surface area contributed by atoms with E-state index in [1.807, 2.05) is 4.90 Å². The molecule has 17 heavy (non-hydrogen) atoms. The van der Waals surface area contributed by atoms with Crippen LogP contribution in [0.5, 0.6) is 0 Å². The van der Waals surface area contributed by atoms with Crippen molar-refractivity contribution in [2.45, 2.75) is 38.6 Å². The summed E-state index contributed by atoms with van der Waals surface area (Å²) in [4.78, 5) is 16.3. The highest BCUT2D eigenvalue weighted by Crippen LogP contribution is 2.20. The van der Waals surface area contributed by atoms with Crippen LogP contribution in [-0.4, -0.2) is 54.5 Å². The molecule has 1 amide bonds. The summed E-state index contributed by atoms with van der Waals surface area (Å²) in [6.45, 7) is 7.37. The molecule has 2 heterocycles. The van der Waals surface area contributed by atoms with Crippen molar-refractivity contribution in [3.05, 3.63) is 0 Å². The Labute approximate surface area is 104 Å². The van der Waals surface area contributed by atoms with Crippen LogP contribution in [0, 0.1) is 5.92 Å². The van der Waals surface area contributed by atoms with Gasteiger partial charge >= 0.3 is 0 Å². The van der Waals surface area contributed by atoms with Gasteiger partial charge in [-0.2, -0.15) is 0 Å². The van der Waals surface area contributed by atoms with Crippen LogP contribution in [-0.2, 0) is 4.79 Å². The number of hydrogen-bond donors (Lipinski definition) is 1. The molecule has 0 spiro atoms. The quantitative estimate of drug-likeness (QED) is 0.787. The third-order valence-corrected chi connectivity index (χ3v) is 4.03. The van der Waals surface area contributed by atoms with Gasteiger partial charge in [-0.1, -0.05) is 0 Å². The van der Waals surface area contributed by atoms with Gasteiger partial charge in [0.05, 0.1) is 6.04 Å². The Balaban J connectivity index is 1.72. The van der Waals surface area contributed by atoms with Crippen molar-refractivity contribution in [2.24, 2.45) is 11.7 Å². The number of piperidine rings is 1. The minimum Gasteiger partial charge on any atom is -0.341 e. The molecule has 1 atom stereocenters. The molecule has 2 rings (SSSR count). The first-order chi connectivity index (χ1) is 8.16. The van der Waals surface area contributed by atoms with Crippen LogP contribution in [0.4, 0.5) is 0 Å². The number of nitrogens with two attached hydrogens (primary N) is 1. The summed E-state index contributed by atoms with van der Waals surface area (Å²) in [6, 6.07) is -0.342. The van der Waals surface area contributed by atoms with Crippen molar-refractivity contribution in [3.63, 3.8) is 0 Å². The zero-order chi connectivity index (χ0) is 12.3. The summed E-state index contributed by atoms with van der Waals surface area (Å²) < 4.78 is 0. The molecule has 98 valence electrons. The topological polar surface area (TPSA) is 49.6 Å². The standard InChI is InChI=1S/C13H25N3O/c1-11(14)13(17)16-8-4-12(5-9-16)10-15-6-2-3-7-15/h11-12H,2-10,14H2,1H3. The Morgan fingerprint density at radius 1 is 1.24 bits per heavy atom. The first-order valence-electron chi connectivity index (χ1n) is 6.93. The SMILES string of the molecule is CC(N)C(=O)N1CCC(CN2CCCC2)CC1. The number of carbonyl (C=O) groups is 1. The Morgan fingerprint density at radius 2 is 1.82 bits per heavy atom. The van der Waals surface area contributed by atoms with E-state index in [1.165, 1.54) is 32.5 Å². The van der Waals surface area contributed by atoms with E-state index in [4.69, 9.17) is 5.73 Å². The van der Waals surface area contributed by atoms with E-state index in [0.717, 1.165) is 31.8 Å². The van der Waals surface area contributed by atoms with Gasteiger partial charge in [-0.25, -0.2) is 0 Å². The molecule has 4 heteroatoms. The summed E-state index contributed by atoms with van der Waals surface area (Å²) in [5.41, 5.74) is 5.63. The lowest BCUT2D eigenvalue weighted by Gasteiger charge is -2.34. The van der Waals surface area contributed by atoms with Crippen LogP contribution in [0.15, 0.2) is 0 Å². The highest BCUT2D eigenvalue weighted by Gasteiger charge is 2.26. The van der Waals surface area contributed by atoms with Gasteiger partial charge in [-0.15, -0.1) is 0 Å². The van der Waals surface area contributed by atoms with E-state index < -0.39 is 0 Å². The van der Waals surface area contributed by atoms with Crippen LogP contribution in [0.25, 0.3) is 0 Å². The maximum absolute atomic E-state index is 11.7. The van der Waals surface area contributed by atoms with Gasteiger partial charge in [0, 0.05) is 19.6 Å². The second kappa shape index (κ2) is 5.83. The lowest BCUT2D eigenvalue weighted by atomic mass is 9.96. The predicted octanol–water partition coefficient (Wildman–Crippen LogP) is 0.668. The second-order valence-electron chi connectivity index (χ2n) is 5.57. The number of amides is 1. The van der Waals surface area contributed by atoms with Crippen molar-refractivity contribution < 1.29 is 4.79 Å². The highest BCUT2D eigenvalue weighted by molar-refractivity contribution is 5.81. The zero-order valence-corrected chi connectivity index (χ0v) is 10.9. The molecule has 0 aromatic heterocycles. The van der Waals surface area contributed by atoms with E-state index in [0.29, 0.717) is 0 Å². The van der Waals surface area contributed by atoms with Gasteiger partial charge in [-0.3, -0.25) is 4.79 Å². The van der Waals surface area contributed by atoms with Crippen molar-refractivity contribution in [1.82, 2.24) is 9.80 Å². The predicted molar refractivity (Wildman–Crippen MR) is 68.6 cm³/mol. The largest absolute Gasteiger partial charge is 0.341 e. The van der Waals surface area contributed by atoms with Crippen molar-refractivity contribution >= 4 is 5.91 Å². The minimum atomic E-state index is -0.342. The molecular weight excluding hydrogens is 214 g/mol. The van der Waals surface area contributed by atoms with Crippen molar-refractivity contribution in [1.29, 1.82) is 0 Å². The molecule has 0 aliphatic carbocycles. The molecule has 1 unspecified atom stereocenters. The summed E-state index contributed by atoms with van der Waals surface area (Å²) in [5, 5.41) is 0. The Morgan fingerprint density at radius 3 is 2.35 bits per heavy atom. The number of hydrogen-bond acceptors (Lipinski definition) is 3. The average Bonchev–Trinajstić information content (AvgIpc) is 2.82. The average molecular weight is 239 g/mol. The minimum absolute atomic E-state index is 0.115. The second-order valence-corrected chi connectivity index (χ2v) is 5.57. The number of likely N-dealkylation sites (tertiary alicyclic amines) is 2. The molecule has 0 radical (unpaired) electrons. The number of rotatable bonds is 3. The molecule has 2 aliphatic heterocycles. The lowest BCUT2D eigenvalue weighted by molar-refractivity contribution is -0.133. The molecule has 2 saturated heterocycles. The number of carbonyl (C=O) groups excluding carboxylic acids is 1. The van der Waals surface area contributed by atoms with E-state index in [9.17, 15) is 4.79 Å². The summed E-state index contributed by atoms with van der Waals surface area (Å²) in [5.74, 6) is 0.898. The maximum Gasteiger partial charge on any atom is 0.239 e. The van der Waals surface area contributed by atoms with Crippen molar-refractivity contribution in [3.8, 4) is 0 Å². The molecule has 0 saturated carbocycles. The molecule has 4 nitrogen and oxygen atoms in total. The first kappa shape index (κ1) is 12.8. The molecule has 2 aliphatic rings. The van der Waals surface area contributed by atoms with Crippen LogP contribution in [0.2, 0.25) is 0 Å². The number of nitrogens with zero attached hydrogens (tertiary/aromatic N) is 2. The first-order valence-corrected chi connectivity index (χ1v) is 6.93. The van der Waals surface area contributed by atoms with E-state index in [2.05, 4.69) is 4.90 Å². The van der Waals surface area contributed by atoms with Crippen LogP contribution < -0.4 is 5.73 Å². The smallest absolute Gasteiger partial charge is 0.239 e. The Hall–Kier alpha value is -0.610. The third-order valence-electron chi connectivity index (χ3n) is 4.03. The fourth-order valence-corrected chi connectivity index (χ4v) is 2.95. The highest BCUT2D eigenvalue weighted by atomic mass is 16.2. The van der Waals surface area contributed by atoms with Gasteiger partial charge in [-0.05, 0) is 51.6 Å². The summed E-state index contributed by atoms with van der Waals surface area (Å²) in [7, 11) is 0. The summed E-state index contributed by atoms with van der Waals surface area (Å²) >= 11 is 0. The fraction of sp³-hybridized carbons (Fsp3) is 0.923. The maximum atomic E-state index is 11.7. The Bertz CT molecular complexity index is 253. The fourth-order valence-electron chi connectivity index (χ4n) is 2.95. The molecule has 0 bridgehead atoms. The van der Waals surface area contributed by atoms with Crippen molar-refractivity contribution in [2.75, 3.05) is 32.7 Å². The van der Waals surface area contributed by atoms with Gasteiger partial charge in [0.15, 0.2) is 0 Å². The summed E-state index contributed by atoms with van der Waals surface area (Å²) in [6.07, 6.45) is 5.02. The van der Waals surface area contributed by atoms with Gasteiger partial charge in [0.25, 0.3) is 0 Å². The molecular formula is C13H25N3O. The van der Waals surface area contributed by atoms with E-state index in [1.54, 1.807) is 6.92 Å². The molecule has 0 aromatic rings. The molecule has 2 N–H and O–H groups in total.